The minimum Gasteiger partial charge on any atom is -0.340 e. The molecule has 14 heavy (non-hydrogen) atoms. The molecule has 3 nitrogen and oxygen atoms in total. The van der Waals surface area contributed by atoms with Gasteiger partial charge in [-0.1, -0.05) is 6.42 Å². The van der Waals surface area contributed by atoms with E-state index < -0.39 is 0 Å². The zero-order valence-electron chi connectivity index (χ0n) is 9.55. The molecule has 0 spiro atoms. The molecule has 0 aromatic rings. The van der Waals surface area contributed by atoms with Gasteiger partial charge in [0.05, 0.1) is 5.41 Å². The van der Waals surface area contributed by atoms with Crippen molar-refractivity contribution in [2.24, 2.45) is 11.1 Å². The van der Waals surface area contributed by atoms with Gasteiger partial charge in [-0.2, -0.15) is 0 Å². The van der Waals surface area contributed by atoms with E-state index >= 15 is 0 Å². The molecule has 0 aromatic carbocycles. The molecular formula is C11H22N2O. The average Bonchev–Trinajstić information content (AvgIpc) is 2.03. The molecule has 82 valence electrons. The van der Waals surface area contributed by atoms with Crippen molar-refractivity contribution >= 4 is 5.91 Å². The topological polar surface area (TPSA) is 46.3 Å². The molecule has 1 rings (SSSR count). The summed E-state index contributed by atoms with van der Waals surface area (Å²) in [5.74, 6) is 0.267. The molecule has 0 aliphatic heterocycles. The fourth-order valence-electron chi connectivity index (χ4n) is 2.16. The lowest BCUT2D eigenvalue weighted by Crippen LogP contribution is -2.53. The molecule has 0 heterocycles. The average molecular weight is 198 g/mol. The number of nitrogens with zero attached hydrogens (tertiary/aromatic N) is 1. The third kappa shape index (κ3) is 1.78. The maximum Gasteiger partial charge on any atom is 0.230 e. The van der Waals surface area contributed by atoms with Crippen LogP contribution in [0.3, 0.4) is 0 Å². The van der Waals surface area contributed by atoms with Crippen molar-refractivity contribution in [3.8, 4) is 0 Å². The van der Waals surface area contributed by atoms with Gasteiger partial charge < -0.3 is 10.6 Å². The van der Waals surface area contributed by atoms with E-state index in [2.05, 4.69) is 13.8 Å². The zero-order chi connectivity index (χ0) is 10.8. The first-order chi connectivity index (χ1) is 6.57. The third-order valence-electron chi connectivity index (χ3n) is 3.38. The van der Waals surface area contributed by atoms with Gasteiger partial charge in [0.25, 0.3) is 0 Å². The second-order valence-corrected chi connectivity index (χ2v) is 4.52. The third-order valence-corrected chi connectivity index (χ3v) is 3.38. The molecule has 3 heteroatoms. The molecule has 0 unspecified atom stereocenters. The maximum absolute atomic E-state index is 12.2. The Balaban J connectivity index is 2.70. The number of hydrogen-bond donors (Lipinski definition) is 1. The molecule has 2 N–H and O–H groups in total. The lowest BCUT2D eigenvalue weighted by Gasteiger charge is -2.43. The molecule has 0 bridgehead atoms. The highest BCUT2D eigenvalue weighted by atomic mass is 16.2. The summed E-state index contributed by atoms with van der Waals surface area (Å²) in [6.45, 7) is 7.45. The quantitative estimate of drug-likeness (QED) is 0.741. The van der Waals surface area contributed by atoms with Gasteiger partial charge in [-0.3, -0.25) is 4.79 Å². The van der Waals surface area contributed by atoms with Crippen LogP contribution in [0.4, 0.5) is 0 Å². The van der Waals surface area contributed by atoms with Crippen LogP contribution < -0.4 is 5.73 Å². The molecule has 0 saturated heterocycles. The highest BCUT2D eigenvalue weighted by Crippen LogP contribution is 2.41. The predicted octanol–water partition coefficient (Wildman–Crippen LogP) is 1.37. The van der Waals surface area contributed by atoms with Crippen molar-refractivity contribution in [2.75, 3.05) is 13.1 Å². The summed E-state index contributed by atoms with van der Waals surface area (Å²) < 4.78 is 0. The van der Waals surface area contributed by atoms with Crippen molar-refractivity contribution in [1.29, 1.82) is 0 Å². The second-order valence-electron chi connectivity index (χ2n) is 4.52. The van der Waals surface area contributed by atoms with Crippen LogP contribution >= 0.6 is 0 Å². The van der Waals surface area contributed by atoms with Crippen LogP contribution in [0.25, 0.3) is 0 Å². The van der Waals surface area contributed by atoms with Gasteiger partial charge in [-0.05, 0) is 33.6 Å². The molecular weight excluding hydrogens is 176 g/mol. The van der Waals surface area contributed by atoms with Gasteiger partial charge in [-0.15, -0.1) is 0 Å². The van der Waals surface area contributed by atoms with E-state index in [1.807, 2.05) is 11.8 Å². The van der Waals surface area contributed by atoms with Gasteiger partial charge >= 0.3 is 0 Å². The van der Waals surface area contributed by atoms with Crippen molar-refractivity contribution in [3.05, 3.63) is 0 Å². The zero-order valence-corrected chi connectivity index (χ0v) is 9.55. The van der Waals surface area contributed by atoms with Crippen molar-refractivity contribution in [3.63, 3.8) is 0 Å². The van der Waals surface area contributed by atoms with E-state index in [9.17, 15) is 4.79 Å². The molecule has 1 amide bonds. The van der Waals surface area contributed by atoms with Crippen LogP contribution in [0.1, 0.15) is 40.0 Å². The number of nitrogens with two attached hydrogens (primary N) is 1. The first-order valence-electron chi connectivity index (χ1n) is 5.58. The van der Waals surface area contributed by atoms with E-state index in [1.165, 1.54) is 0 Å². The van der Waals surface area contributed by atoms with Crippen LogP contribution in [-0.2, 0) is 4.79 Å². The normalized spacial score (nSPS) is 19.2. The summed E-state index contributed by atoms with van der Waals surface area (Å²) in [7, 11) is 0. The summed E-state index contributed by atoms with van der Waals surface area (Å²) >= 11 is 0. The molecule has 1 fully saturated rings. The predicted molar refractivity (Wildman–Crippen MR) is 57.9 cm³/mol. The lowest BCUT2D eigenvalue weighted by molar-refractivity contribution is -0.148. The monoisotopic (exact) mass is 198 g/mol. The maximum atomic E-state index is 12.2. The number of hydrogen-bond acceptors (Lipinski definition) is 2. The van der Waals surface area contributed by atoms with E-state index in [0.717, 1.165) is 25.8 Å². The molecule has 0 atom stereocenters. The van der Waals surface area contributed by atoms with Crippen molar-refractivity contribution in [2.45, 2.75) is 46.1 Å². The highest BCUT2D eigenvalue weighted by molar-refractivity contribution is 5.84. The van der Waals surface area contributed by atoms with E-state index in [1.54, 1.807) is 0 Å². The highest BCUT2D eigenvalue weighted by Gasteiger charge is 2.45. The molecule has 0 aromatic heterocycles. The number of amides is 1. The van der Waals surface area contributed by atoms with Crippen LogP contribution in [-0.4, -0.2) is 29.9 Å². The Labute approximate surface area is 86.6 Å². The van der Waals surface area contributed by atoms with Crippen molar-refractivity contribution < 1.29 is 4.79 Å². The van der Waals surface area contributed by atoms with Gasteiger partial charge in [0.2, 0.25) is 5.91 Å². The number of rotatable bonds is 4. The Kier molecular flexibility index (Phi) is 3.53. The van der Waals surface area contributed by atoms with E-state index in [4.69, 9.17) is 5.73 Å². The summed E-state index contributed by atoms with van der Waals surface area (Å²) in [5, 5.41) is 0. The molecule has 1 saturated carbocycles. The molecule has 0 radical (unpaired) electrons. The van der Waals surface area contributed by atoms with Crippen molar-refractivity contribution in [1.82, 2.24) is 4.90 Å². The standard InChI is InChI=1S/C11H22N2O/c1-4-13(9(2)3)10(14)11(8-12)6-5-7-11/h9H,4-8,12H2,1-3H3. The first kappa shape index (κ1) is 11.5. The first-order valence-corrected chi connectivity index (χ1v) is 5.58. The van der Waals surface area contributed by atoms with E-state index in [-0.39, 0.29) is 17.4 Å². The van der Waals surface area contributed by atoms with Gasteiger partial charge in [0.15, 0.2) is 0 Å². The van der Waals surface area contributed by atoms with E-state index in [0.29, 0.717) is 6.54 Å². The van der Waals surface area contributed by atoms with Gasteiger partial charge in [0, 0.05) is 19.1 Å². The lowest BCUT2D eigenvalue weighted by atomic mass is 9.67. The summed E-state index contributed by atoms with van der Waals surface area (Å²) in [5.41, 5.74) is 5.51. The van der Waals surface area contributed by atoms with Crippen LogP contribution in [0.2, 0.25) is 0 Å². The second kappa shape index (κ2) is 4.30. The van der Waals surface area contributed by atoms with Gasteiger partial charge in [-0.25, -0.2) is 0 Å². The summed E-state index contributed by atoms with van der Waals surface area (Å²) in [6.07, 6.45) is 3.11. The minimum absolute atomic E-state index is 0.208. The SMILES string of the molecule is CCN(C(=O)C1(CN)CCC1)C(C)C. The Morgan fingerprint density at radius 1 is 1.50 bits per heavy atom. The minimum atomic E-state index is -0.208. The number of carbonyl (C=O) groups excluding carboxylic acids is 1. The molecule has 1 aliphatic rings. The Hall–Kier alpha value is -0.570. The smallest absolute Gasteiger partial charge is 0.230 e. The van der Waals surface area contributed by atoms with Crippen LogP contribution in [0, 0.1) is 5.41 Å². The Bertz CT molecular complexity index is 204. The van der Waals surface area contributed by atoms with Crippen LogP contribution in [0.5, 0.6) is 0 Å². The Morgan fingerprint density at radius 3 is 2.29 bits per heavy atom. The summed E-state index contributed by atoms with van der Waals surface area (Å²) in [4.78, 5) is 14.1. The molecule has 1 aliphatic carbocycles. The summed E-state index contributed by atoms with van der Waals surface area (Å²) in [6, 6.07) is 0.288. The van der Waals surface area contributed by atoms with Gasteiger partial charge in [0.1, 0.15) is 0 Å². The fourth-order valence-corrected chi connectivity index (χ4v) is 2.16. The number of carbonyl (C=O) groups is 1. The van der Waals surface area contributed by atoms with Crippen LogP contribution in [0.15, 0.2) is 0 Å². The Morgan fingerprint density at radius 2 is 2.07 bits per heavy atom. The largest absolute Gasteiger partial charge is 0.340 e. The fraction of sp³-hybridized carbons (Fsp3) is 0.909.